The Bertz CT molecular complexity index is 172. The molecule has 0 amide bonds. The molecule has 1 radical (unpaired) electrons. The van der Waals surface area contributed by atoms with Gasteiger partial charge in [0.2, 0.25) is 0 Å². The van der Waals surface area contributed by atoms with Gasteiger partial charge in [-0.15, -0.1) is 0 Å². The standard InChI is InChI=1S/C12H17/c1-2-4-6-8-10-12-11-9-7-5-3-1/h1-4,7,9,12H,5-6,8,10-11H2/b3-1+,4-2-,9-7+. The highest BCUT2D eigenvalue weighted by Crippen LogP contribution is 2.04. The molecule has 1 rings (SSSR count). The molecule has 0 aliphatic heterocycles. The SMILES string of the molecule is [CH]1C/C=C/C/C=C/C=C\CCC1. The lowest BCUT2D eigenvalue weighted by Crippen LogP contribution is -1.76. The minimum absolute atomic E-state index is 1.07. The summed E-state index contributed by atoms with van der Waals surface area (Å²) in [6, 6.07) is 0. The first-order valence-corrected chi connectivity index (χ1v) is 4.78. The van der Waals surface area contributed by atoms with Crippen molar-refractivity contribution in [3.8, 4) is 0 Å². The Morgan fingerprint density at radius 2 is 1.50 bits per heavy atom. The summed E-state index contributed by atoms with van der Waals surface area (Å²) >= 11 is 0. The topological polar surface area (TPSA) is 0 Å². The highest BCUT2D eigenvalue weighted by molar-refractivity contribution is 5.05. The molecular weight excluding hydrogens is 144 g/mol. The first kappa shape index (κ1) is 9.31. The Hall–Kier alpha value is -0.780. The van der Waals surface area contributed by atoms with Gasteiger partial charge in [0.25, 0.3) is 0 Å². The van der Waals surface area contributed by atoms with Crippen LogP contribution in [0.5, 0.6) is 0 Å². The Morgan fingerprint density at radius 1 is 0.667 bits per heavy atom. The van der Waals surface area contributed by atoms with E-state index in [4.69, 9.17) is 0 Å². The molecule has 0 heteroatoms. The second kappa shape index (κ2) is 6.90. The van der Waals surface area contributed by atoms with Gasteiger partial charge < -0.3 is 0 Å². The average Bonchev–Trinajstić information content (AvgIpc) is 2.05. The van der Waals surface area contributed by atoms with Crippen molar-refractivity contribution in [2.24, 2.45) is 0 Å². The van der Waals surface area contributed by atoms with Crippen molar-refractivity contribution in [1.82, 2.24) is 0 Å². The molecule has 0 heterocycles. The van der Waals surface area contributed by atoms with E-state index in [0.717, 1.165) is 12.8 Å². The summed E-state index contributed by atoms with van der Waals surface area (Å²) in [4.78, 5) is 0. The van der Waals surface area contributed by atoms with Crippen molar-refractivity contribution >= 4 is 0 Å². The lowest BCUT2D eigenvalue weighted by atomic mass is 10.1. The lowest BCUT2D eigenvalue weighted by Gasteiger charge is -1.95. The fourth-order valence-corrected chi connectivity index (χ4v) is 1.20. The molecule has 1 aliphatic rings. The highest BCUT2D eigenvalue weighted by atomic mass is 13.9. The molecule has 0 bridgehead atoms. The normalized spacial score (nSPS) is 28.0. The monoisotopic (exact) mass is 161 g/mol. The van der Waals surface area contributed by atoms with Crippen molar-refractivity contribution in [2.45, 2.75) is 32.1 Å². The van der Waals surface area contributed by atoms with E-state index >= 15 is 0 Å². The van der Waals surface area contributed by atoms with Crippen LogP contribution in [0.1, 0.15) is 32.1 Å². The van der Waals surface area contributed by atoms with Crippen molar-refractivity contribution in [3.05, 3.63) is 42.9 Å². The molecule has 0 unspecified atom stereocenters. The van der Waals surface area contributed by atoms with Gasteiger partial charge in [-0.2, -0.15) is 0 Å². The van der Waals surface area contributed by atoms with Crippen LogP contribution in [0.4, 0.5) is 0 Å². The van der Waals surface area contributed by atoms with Gasteiger partial charge in [0.05, 0.1) is 0 Å². The molecule has 1 aliphatic carbocycles. The van der Waals surface area contributed by atoms with Crippen LogP contribution in [0.15, 0.2) is 36.5 Å². The summed E-state index contributed by atoms with van der Waals surface area (Å²) in [6.07, 6.45) is 21.5. The van der Waals surface area contributed by atoms with Crippen molar-refractivity contribution in [1.29, 1.82) is 0 Å². The third-order valence-corrected chi connectivity index (χ3v) is 1.90. The summed E-state index contributed by atoms with van der Waals surface area (Å²) in [5.74, 6) is 0. The Kier molecular flexibility index (Phi) is 5.35. The molecule has 0 aromatic rings. The lowest BCUT2D eigenvalue weighted by molar-refractivity contribution is 0.810. The van der Waals surface area contributed by atoms with Gasteiger partial charge in [0.15, 0.2) is 0 Å². The number of rotatable bonds is 0. The summed E-state index contributed by atoms with van der Waals surface area (Å²) in [6.45, 7) is 0. The van der Waals surface area contributed by atoms with Crippen LogP contribution in [-0.4, -0.2) is 0 Å². The van der Waals surface area contributed by atoms with E-state index in [9.17, 15) is 0 Å². The van der Waals surface area contributed by atoms with Gasteiger partial charge in [-0.05, 0) is 38.5 Å². The van der Waals surface area contributed by atoms with Crippen molar-refractivity contribution in [3.63, 3.8) is 0 Å². The van der Waals surface area contributed by atoms with Gasteiger partial charge in [-0.1, -0.05) is 36.5 Å². The zero-order chi connectivity index (χ0) is 8.49. The predicted octanol–water partition coefficient (Wildman–Crippen LogP) is 3.82. The molecule has 0 saturated carbocycles. The number of allylic oxidation sites excluding steroid dienone is 6. The van der Waals surface area contributed by atoms with Crippen LogP contribution in [0.2, 0.25) is 0 Å². The molecule has 0 spiro atoms. The fourth-order valence-electron chi connectivity index (χ4n) is 1.20. The maximum absolute atomic E-state index is 2.36. The highest BCUT2D eigenvalue weighted by Gasteiger charge is 1.86. The molecule has 65 valence electrons. The zero-order valence-electron chi connectivity index (χ0n) is 7.58. The molecule has 0 aromatic carbocycles. The van der Waals surface area contributed by atoms with Crippen LogP contribution in [-0.2, 0) is 0 Å². The van der Waals surface area contributed by atoms with Crippen molar-refractivity contribution in [2.75, 3.05) is 0 Å². The molecular formula is C12H17. The first-order valence-electron chi connectivity index (χ1n) is 4.78. The van der Waals surface area contributed by atoms with Crippen LogP contribution >= 0.6 is 0 Å². The van der Waals surface area contributed by atoms with E-state index in [2.05, 4.69) is 42.9 Å². The fraction of sp³-hybridized carbons (Fsp3) is 0.417. The second-order valence-electron chi connectivity index (χ2n) is 3.02. The van der Waals surface area contributed by atoms with Gasteiger partial charge in [0, 0.05) is 0 Å². The quantitative estimate of drug-likeness (QED) is 0.474. The molecule has 0 atom stereocenters. The van der Waals surface area contributed by atoms with Gasteiger partial charge in [-0.25, -0.2) is 0 Å². The summed E-state index contributed by atoms with van der Waals surface area (Å²) in [5.41, 5.74) is 0. The van der Waals surface area contributed by atoms with Gasteiger partial charge in [-0.3, -0.25) is 0 Å². The molecule has 0 aromatic heterocycles. The Morgan fingerprint density at radius 3 is 2.50 bits per heavy atom. The summed E-state index contributed by atoms with van der Waals surface area (Å²) in [7, 11) is 0. The largest absolute Gasteiger partial charge is 0.0879 e. The van der Waals surface area contributed by atoms with E-state index < -0.39 is 0 Å². The van der Waals surface area contributed by atoms with Crippen LogP contribution in [0.25, 0.3) is 0 Å². The maximum atomic E-state index is 2.36. The molecule has 0 nitrogen and oxygen atoms in total. The molecule has 12 heavy (non-hydrogen) atoms. The minimum Gasteiger partial charge on any atom is -0.0879 e. The van der Waals surface area contributed by atoms with Crippen LogP contribution in [0.3, 0.4) is 0 Å². The van der Waals surface area contributed by atoms with Gasteiger partial charge >= 0.3 is 0 Å². The van der Waals surface area contributed by atoms with E-state index in [0.29, 0.717) is 0 Å². The summed E-state index contributed by atoms with van der Waals surface area (Å²) < 4.78 is 0. The third-order valence-electron chi connectivity index (χ3n) is 1.90. The van der Waals surface area contributed by atoms with E-state index in [1.165, 1.54) is 19.3 Å². The molecule has 0 fully saturated rings. The maximum Gasteiger partial charge on any atom is -0.0166 e. The third kappa shape index (κ3) is 4.95. The van der Waals surface area contributed by atoms with E-state index in [1.54, 1.807) is 0 Å². The van der Waals surface area contributed by atoms with Gasteiger partial charge in [0.1, 0.15) is 0 Å². The second-order valence-corrected chi connectivity index (χ2v) is 3.02. The van der Waals surface area contributed by atoms with Crippen molar-refractivity contribution < 1.29 is 0 Å². The Labute approximate surface area is 75.7 Å². The summed E-state index contributed by atoms with van der Waals surface area (Å²) in [5, 5.41) is 0. The number of hydrogen-bond donors (Lipinski definition) is 0. The average molecular weight is 161 g/mol. The predicted molar refractivity (Wildman–Crippen MR) is 54.8 cm³/mol. The molecule has 0 saturated heterocycles. The molecule has 0 N–H and O–H groups in total. The van der Waals surface area contributed by atoms with E-state index in [1.807, 2.05) is 0 Å². The van der Waals surface area contributed by atoms with E-state index in [-0.39, 0.29) is 0 Å². The van der Waals surface area contributed by atoms with Crippen LogP contribution in [0, 0.1) is 6.42 Å². The number of hydrogen-bond acceptors (Lipinski definition) is 0. The first-order chi connectivity index (χ1) is 6.00. The van der Waals surface area contributed by atoms with Crippen LogP contribution < -0.4 is 0 Å². The minimum atomic E-state index is 1.07. The zero-order valence-corrected chi connectivity index (χ0v) is 7.58. The smallest absolute Gasteiger partial charge is 0.0166 e. The Balaban J connectivity index is 2.31.